The molecule has 2 heterocycles. The van der Waals surface area contributed by atoms with Crippen LogP contribution in [0.15, 0.2) is 77.6 Å². The van der Waals surface area contributed by atoms with Crippen LogP contribution in [0.3, 0.4) is 0 Å². The molecule has 1 aliphatic rings. The topological polar surface area (TPSA) is 48.7 Å². The number of para-hydroxylation sites is 1. The van der Waals surface area contributed by atoms with Gasteiger partial charge in [0, 0.05) is 43.2 Å². The monoisotopic (exact) mass is 347 g/mol. The molecule has 1 amide bonds. The lowest BCUT2D eigenvalue weighted by Crippen LogP contribution is -2.46. The number of hydrogen-bond acceptors (Lipinski definition) is 4. The van der Waals surface area contributed by atoms with E-state index < -0.39 is 0 Å². The zero-order valence-electron chi connectivity index (χ0n) is 14.5. The third-order valence-electron chi connectivity index (χ3n) is 4.67. The van der Waals surface area contributed by atoms with E-state index in [1.54, 1.807) is 6.07 Å². The second kappa shape index (κ2) is 7.35. The first kappa shape index (κ1) is 16.3. The highest BCUT2D eigenvalue weighted by Gasteiger charge is 2.17. The van der Waals surface area contributed by atoms with Gasteiger partial charge in [-0.1, -0.05) is 18.2 Å². The van der Waals surface area contributed by atoms with E-state index in [4.69, 9.17) is 4.42 Å². The van der Waals surface area contributed by atoms with Gasteiger partial charge in [-0.3, -0.25) is 4.79 Å². The van der Waals surface area contributed by atoms with E-state index in [0.29, 0.717) is 5.56 Å². The second-order valence-electron chi connectivity index (χ2n) is 6.32. The van der Waals surface area contributed by atoms with Gasteiger partial charge in [0.1, 0.15) is 6.26 Å². The summed E-state index contributed by atoms with van der Waals surface area (Å²) in [4.78, 5) is 16.8. The first-order valence-electron chi connectivity index (χ1n) is 8.78. The van der Waals surface area contributed by atoms with Crippen LogP contribution in [0.25, 0.3) is 0 Å². The number of nitrogens with zero attached hydrogens (tertiary/aromatic N) is 2. The molecule has 1 aliphatic heterocycles. The quantitative estimate of drug-likeness (QED) is 0.779. The zero-order chi connectivity index (χ0) is 17.8. The summed E-state index contributed by atoms with van der Waals surface area (Å²) in [5.74, 6) is -0.164. The largest absolute Gasteiger partial charge is 0.472 e. The number of carbonyl (C=O) groups is 1. The van der Waals surface area contributed by atoms with Crippen molar-refractivity contribution in [2.45, 2.75) is 0 Å². The van der Waals surface area contributed by atoms with E-state index in [9.17, 15) is 4.79 Å². The van der Waals surface area contributed by atoms with E-state index in [-0.39, 0.29) is 5.91 Å². The van der Waals surface area contributed by atoms with Crippen molar-refractivity contribution in [3.05, 3.63) is 78.8 Å². The highest BCUT2D eigenvalue weighted by atomic mass is 16.3. The van der Waals surface area contributed by atoms with Crippen LogP contribution in [0, 0.1) is 0 Å². The van der Waals surface area contributed by atoms with E-state index >= 15 is 0 Å². The maximum atomic E-state index is 12.0. The third kappa shape index (κ3) is 3.57. The Morgan fingerprint density at radius 3 is 2.00 bits per heavy atom. The van der Waals surface area contributed by atoms with Gasteiger partial charge in [0.15, 0.2) is 0 Å². The van der Waals surface area contributed by atoms with Crippen LogP contribution in [0.5, 0.6) is 0 Å². The molecule has 0 radical (unpaired) electrons. The molecule has 0 unspecified atom stereocenters. The van der Waals surface area contributed by atoms with Gasteiger partial charge in [0.25, 0.3) is 5.91 Å². The minimum absolute atomic E-state index is 0.164. The summed E-state index contributed by atoms with van der Waals surface area (Å²) < 4.78 is 4.94. The standard InChI is InChI=1S/C21H21N3O2/c25-21(17-10-15-26-16-17)22-18-6-8-20(9-7-18)24-13-11-23(12-14-24)19-4-2-1-3-5-19/h1-10,15-16H,11-14H2,(H,22,25). The molecule has 0 bridgehead atoms. The molecule has 2 aromatic carbocycles. The second-order valence-corrected chi connectivity index (χ2v) is 6.32. The van der Waals surface area contributed by atoms with Crippen molar-refractivity contribution in [1.82, 2.24) is 0 Å². The van der Waals surface area contributed by atoms with Crippen molar-refractivity contribution in [2.75, 3.05) is 41.3 Å². The molecule has 0 atom stereocenters. The van der Waals surface area contributed by atoms with Crippen LogP contribution < -0.4 is 15.1 Å². The van der Waals surface area contributed by atoms with Crippen LogP contribution in [0.2, 0.25) is 0 Å². The molecule has 5 heteroatoms. The summed E-state index contributed by atoms with van der Waals surface area (Å²) in [7, 11) is 0. The minimum Gasteiger partial charge on any atom is -0.472 e. The van der Waals surface area contributed by atoms with Crippen LogP contribution in [0.4, 0.5) is 17.1 Å². The molecule has 26 heavy (non-hydrogen) atoms. The normalized spacial score (nSPS) is 14.3. The predicted octanol–water partition coefficient (Wildman–Crippen LogP) is 3.86. The van der Waals surface area contributed by atoms with Crippen molar-refractivity contribution in [1.29, 1.82) is 0 Å². The number of piperazine rings is 1. The third-order valence-corrected chi connectivity index (χ3v) is 4.67. The molecule has 1 saturated heterocycles. The van der Waals surface area contributed by atoms with Gasteiger partial charge in [-0.25, -0.2) is 0 Å². The van der Waals surface area contributed by atoms with Crippen molar-refractivity contribution in [3.8, 4) is 0 Å². The number of carbonyl (C=O) groups excluding carboxylic acids is 1. The molecular weight excluding hydrogens is 326 g/mol. The first-order valence-corrected chi connectivity index (χ1v) is 8.78. The van der Waals surface area contributed by atoms with Gasteiger partial charge in [-0.2, -0.15) is 0 Å². The Morgan fingerprint density at radius 2 is 1.42 bits per heavy atom. The van der Waals surface area contributed by atoms with Crippen molar-refractivity contribution in [3.63, 3.8) is 0 Å². The number of amides is 1. The maximum absolute atomic E-state index is 12.0. The summed E-state index contributed by atoms with van der Waals surface area (Å²) in [6.45, 7) is 3.97. The van der Waals surface area contributed by atoms with E-state index in [0.717, 1.165) is 31.9 Å². The van der Waals surface area contributed by atoms with Gasteiger partial charge in [-0.05, 0) is 42.5 Å². The van der Waals surface area contributed by atoms with Crippen molar-refractivity contribution >= 4 is 23.0 Å². The smallest absolute Gasteiger partial charge is 0.258 e. The van der Waals surface area contributed by atoms with Crippen molar-refractivity contribution in [2.24, 2.45) is 0 Å². The number of anilines is 3. The molecule has 0 spiro atoms. The Bertz CT molecular complexity index is 837. The fourth-order valence-corrected chi connectivity index (χ4v) is 3.21. The van der Waals surface area contributed by atoms with Gasteiger partial charge in [0.2, 0.25) is 0 Å². The average Bonchev–Trinajstić information content (AvgIpc) is 3.25. The van der Waals surface area contributed by atoms with Crippen LogP contribution in [-0.4, -0.2) is 32.1 Å². The number of benzene rings is 2. The average molecular weight is 347 g/mol. The predicted molar refractivity (Wildman–Crippen MR) is 104 cm³/mol. The molecular formula is C21H21N3O2. The Morgan fingerprint density at radius 1 is 0.808 bits per heavy atom. The Hall–Kier alpha value is -3.21. The molecule has 1 N–H and O–H groups in total. The molecule has 1 fully saturated rings. The minimum atomic E-state index is -0.164. The van der Waals surface area contributed by atoms with Crippen molar-refractivity contribution < 1.29 is 9.21 Å². The molecule has 3 aromatic rings. The SMILES string of the molecule is O=C(Nc1ccc(N2CCN(c3ccccc3)CC2)cc1)c1ccoc1. The lowest BCUT2D eigenvalue weighted by atomic mass is 10.2. The lowest BCUT2D eigenvalue weighted by molar-refractivity contribution is 0.102. The number of rotatable bonds is 4. The van der Waals surface area contributed by atoms with Gasteiger partial charge >= 0.3 is 0 Å². The zero-order valence-corrected chi connectivity index (χ0v) is 14.5. The van der Waals surface area contributed by atoms with E-state index in [2.05, 4.69) is 51.5 Å². The van der Waals surface area contributed by atoms with Gasteiger partial charge in [-0.15, -0.1) is 0 Å². The Balaban J connectivity index is 1.35. The Labute approximate surface area is 152 Å². The summed E-state index contributed by atoms with van der Waals surface area (Å²) in [5.41, 5.74) is 3.76. The summed E-state index contributed by atoms with van der Waals surface area (Å²) in [6, 6.07) is 20.2. The molecule has 4 rings (SSSR count). The highest BCUT2D eigenvalue weighted by Crippen LogP contribution is 2.22. The van der Waals surface area contributed by atoms with E-state index in [1.807, 2.05) is 18.2 Å². The molecule has 1 aromatic heterocycles. The number of nitrogens with one attached hydrogen (secondary N) is 1. The number of hydrogen-bond donors (Lipinski definition) is 1. The molecule has 0 aliphatic carbocycles. The van der Waals surface area contributed by atoms with E-state index in [1.165, 1.54) is 23.9 Å². The summed E-state index contributed by atoms with van der Waals surface area (Å²) >= 11 is 0. The number of furan rings is 1. The highest BCUT2D eigenvalue weighted by molar-refractivity contribution is 6.04. The Kier molecular flexibility index (Phi) is 4.60. The molecule has 132 valence electrons. The fraction of sp³-hybridized carbons (Fsp3) is 0.190. The summed E-state index contributed by atoms with van der Waals surface area (Å²) in [6.07, 6.45) is 2.93. The first-order chi connectivity index (χ1) is 12.8. The lowest BCUT2D eigenvalue weighted by Gasteiger charge is -2.37. The fourth-order valence-electron chi connectivity index (χ4n) is 3.21. The summed E-state index contributed by atoms with van der Waals surface area (Å²) in [5, 5.41) is 2.88. The molecule has 5 nitrogen and oxygen atoms in total. The maximum Gasteiger partial charge on any atom is 0.258 e. The molecule has 0 saturated carbocycles. The van der Waals surface area contributed by atoms with Gasteiger partial charge < -0.3 is 19.5 Å². The van der Waals surface area contributed by atoms with Gasteiger partial charge in [0.05, 0.1) is 11.8 Å². The van der Waals surface area contributed by atoms with Crippen LogP contribution in [-0.2, 0) is 0 Å². The van der Waals surface area contributed by atoms with Crippen LogP contribution in [0.1, 0.15) is 10.4 Å². The van der Waals surface area contributed by atoms with Crippen LogP contribution >= 0.6 is 0 Å².